The summed E-state index contributed by atoms with van der Waals surface area (Å²) < 4.78 is 1.09. The van der Waals surface area contributed by atoms with Crippen LogP contribution in [0.4, 0.5) is 11.5 Å². The molecule has 0 aliphatic carbocycles. The summed E-state index contributed by atoms with van der Waals surface area (Å²) in [4.78, 5) is 37.9. The molecule has 1 amide bonds. The fraction of sp³-hybridized carbons (Fsp3) is 0.500. The van der Waals surface area contributed by atoms with E-state index < -0.39 is 11.2 Å². The molecule has 1 aromatic heterocycles. The van der Waals surface area contributed by atoms with Crippen LogP contribution in [-0.4, -0.2) is 40.5 Å². The number of rotatable bonds is 4. The second-order valence-corrected chi connectivity index (χ2v) is 3.84. The molecule has 8 heteroatoms. The average Bonchev–Trinajstić information content (AvgIpc) is 2.34. The van der Waals surface area contributed by atoms with Gasteiger partial charge in [0.1, 0.15) is 11.5 Å². The summed E-state index contributed by atoms with van der Waals surface area (Å²) in [6.07, 6.45) is 0. The standard InChI is InChI=1S/C10H17N5O3/c1-4-14(2)6(16)5-12-7-8(11)15(3)10(18)13-9(7)17/h12H,4-5,11H2,1-3H3,(H,13,17,18). The van der Waals surface area contributed by atoms with Crippen molar-refractivity contribution in [1.82, 2.24) is 14.5 Å². The molecule has 0 radical (unpaired) electrons. The zero-order valence-electron chi connectivity index (χ0n) is 10.6. The highest BCUT2D eigenvalue weighted by Crippen LogP contribution is 2.07. The van der Waals surface area contributed by atoms with Crippen molar-refractivity contribution < 1.29 is 4.79 Å². The molecule has 0 saturated carbocycles. The quantitative estimate of drug-likeness (QED) is 0.609. The van der Waals surface area contributed by atoms with Gasteiger partial charge in [-0.15, -0.1) is 0 Å². The number of amides is 1. The third kappa shape index (κ3) is 2.70. The van der Waals surface area contributed by atoms with Crippen LogP contribution < -0.4 is 22.3 Å². The number of hydrogen-bond acceptors (Lipinski definition) is 5. The molecule has 0 spiro atoms. The van der Waals surface area contributed by atoms with Crippen LogP contribution in [0.15, 0.2) is 9.59 Å². The van der Waals surface area contributed by atoms with Gasteiger partial charge in [-0.2, -0.15) is 0 Å². The molecule has 1 aromatic rings. The molecule has 8 nitrogen and oxygen atoms in total. The molecule has 1 rings (SSSR count). The van der Waals surface area contributed by atoms with Gasteiger partial charge in [0.05, 0.1) is 6.54 Å². The van der Waals surface area contributed by atoms with E-state index in [0.717, 1.165) is 4.57 Å². The first-order valence-corrected chi connectivity index (χ1v) is 5.45. The van der Waals surface area contributed by atoms with Crippen molar-refractivity contribution >= 4 is 17.4 Å². The van der Waals surface area contributed by atoms with Gasteiger partial charge in [-0.25, -0.2) is 4.79 Å². The number of H-pyrrole nitrogens is 1. The Morgan fingerprint density at radius 3 is 2.67 bits per heavy atom. The molecule has 100 valence electrons. The van der Waals surface area contributed by atoms with Crippen LogP contribution in [0.2, 0.25) is 0 Å². The lowest BCUT2D eigenvalue weighted by molar-refractivity contribution is -0.127. The summed E-state index contributed by atoms with van der Waals surface area (Å²) in [5.74, 6) is -0.180. The molecular formula is C10H17N5O3. The Kier molecular flexibility index (Phi) is 4.13. The molecule has 0 aliphatic rings. The van der Waals surface area contributed by atoms with E-state index in [1.165, 1.54) is 11.9 Å². The molecule has 0 bridgehead atoms. The molecule has 0 aliphatic heterocycles. The van der Waals surface area contributed by atoms with Gasteiger partial charge in [0, 0.05) is 20.6 Å². The smallest absolute Gasteiger partial charge is 0.329 e. The van der Waals surface area contributed by atoms with Crippen LogP contribution in [0.1, 0.15) is 6.92 Å². The average molecular weight is 255 g/mol. The van der Waals surface area contributed by atoms with Crippen molar-refractivity contribution in [3.8, 4) is 0 Å². The largest absolute Gasteiger partial charge is 0.383 e. The predicted molar refractivity (Wildman–Crippen MR) is 68.5 cm³/mol. The third-order valence-corrected chi connectivity index (χ3v) is 2.69. The number of aromatic nitrogens is 2. The summed E-state index contributed by atoms with van der Waals surface area (Å²) in [7, 11) is 3.08. The number of hydrogen-bond donors (Lipinski definition) is 3. The fourth-order valence-electron chi connectivity index (χ4n) is 1.28. The topological polar surface area (TPSA) is 113 Å². The summed E-state index contributed by atoms with van der Waals surface area (Å²) in [6, 6.07) is 0. The van der Waals surface area contributed by atoms with Gasteiger partial charge in [0.25, 0.3) is 5.56 Å². The molecule has 1 heterocycles. The SMILES string of the molecule is CCN(C)C(=O)CNc1c(N)n(C)c(=O)[nH]c1=O. The van der Waals surface area contributed by atoms with Gasteiger partial charge in [-0.05, 0) is 6.92 Å². The minimum atomic E-state index is -0.637. The molecule has 0 aromatic carbocycles. The van der Waals surface area contributed by atoms with E-state index >= 15 is 0 Å². The van der Waals surface area contributed by atoms with E-state index in [-0.39, 0.29) is 24.0 Å². The number of carbonyl (C=O) groups excluding carboxylic acids is 1. The van der Waals surface area contributed by atoms with E-state index in [2.05, 4.69) is 10.3 Å². The van der Waals surface area contributed by atoms with Crippen LogP contribution in [0.5, 0.6) is 0 Å². The maximum atomic E-state index is 11.6. The van der Waals surface area contributed by atoms with Crippen molar-refractivity contribution in [2.24, 2.45) is 7.05 Å². The van der Waals surface area contributed by atoms with Gasteiger partial charge in [-0.1, -0.05) is 0 Å². The van der Waals surface area contributed by atoms with Crippen LogP contribution >= 0.6 is 0 Å². The molecule has 0 atom stereocenters. The van der Waals surface area contributed by atoms with Gasteiger partial charge >= 0.3 is 5.69 Å². The Hall–Kier alpha value is -2.25. The highest BCUT2D eigenvalue weighted by molar-refractivity contribution is 5.81. The predicted octanol–water partition coefficient (Wildman–Crippen LogP) is -1.45. The molecule has 0 unspecified atom stereocenters. The number of nitrogens with zero attached hydrogens (tertiary/aromatic N) is 2. The van der Waals surface area contributed by atoms with Crippen LogP contribution in [0.3, 0.4) is 0 Å². The van der Waals surface area contributed by atoms with Gasteiger partial charge in [-0.3, -0.25) is 19.1 Å². The molecule has 0 fully saturated rings. The lowest BCUT2D eigenvalue weighted by Crippen LogP contribution is -2.36. The van der Waals surface area contributed by atoms with Crippen molar-refractivity contribution in [3.63, 3.8) is 0 Å². The monoisotopic (exact) mass is 255 g/mol. The number of likely N-dealkylation sites (N-methyl/N-ethyl adjacent to an activating group) is 1. The minimum absolute atomic E-state index is 0.00398. The van der Waals surface area contributed by atoms with Crippen molar-refractivity contribution in [1.29, 1.82) is 0 Å². The van der Waals surface area contributed by atoms with E-state index in [1.54, 1.807) is 7.05 Å². The first kappa shape index (κ1) is 13.8. The highest BCUT2D eigenvalue weighted by Gasteiger charge is 2.12. The number of carbonyl (C=O) groups is 1. The minimum Gasteiger partial charge on any atom is -0.383 e. The second kappa shape index (κ2) is 5.39. The highest BCUT2D eigenvalue weighted by atomic mass is 16.2. The Balaban J connectivity index is 2.93. The number of nitrogens with one attached hydrogen (secondary N) is 2. The Morgan fingerprint density at radius 1 is 1.50 bits per heavy atom. The number of aromatic amines is 1. The third-order valence-electron chi connectivity index (χ3n) is 2.69. The Labute approximate surface area is 103 Å². The summed E-state index contributed by atoms with van der Waals surface area (Å²) in [5.41, 5.74) is 4.42. The maximum Gasteiger partial charge on any atom is 0.329 e. The second-order valence-electron chi connectivity index (χ2n) is 3.84. The molecule has 0 saturated heterocycles. The zero-order valence-corrected chi connectivity index (χ0v) is 10.6. The maximum absolute atomic E-state index is 11.6. The van der Waals surface area contributed by atoms with E-state index in [9.17, 15) is 14.4 Å². The van der Waals surface area contributed by atoms with E-state index in [1.807, 2.05) is 6.92 Å². The lowest BCUT2D eigenvalue weighted by Gasteiger charge is -2.16. The number of anilines is 2. The van der Waals surface area contributed by atoms with Gasteiger partial charge in [0.2, 0.25) is 5.91 Å². The normalized spacial score (nSPS) is 10.2. The van der Waals surface area contributed by atoms with Crippen LogP contribution in [0.25, 0.3) is 0 Å². The molecule has 18 heavy (non-hydrogen) atoms. The van der Waals surface area contributed by atoms with Crippen LogP contribution in [0, 0.1) is 0 Å². The van der Waals surface area contributed by atoms with Gasteiger partial charge in [0.15, 0.2) is 0 Å². The van der Waals surface area contributed by atoms with Crippen molar-refractivity contribution in [2.45, 2.75) is 6.92 Å². The zero-order chi connectivity index (χ0) is 13.9. The van der Waals surface area contributed by atoms with E-state index in [0.29, 0.717) is 6.54 Å². The fourth-order valence-corrected chi connectivity index (χ4v) is 1.28. The lowest BCUT2D eigenvalue weighted by atomic mass is 10.4. The Morgan fingerprint density at radius 2 is 2.11 bits per heavy atom. The van der Waals surface area contributed by atoms with Crippen molar-refractivity contribution in [3.05, 3.63) is 20.8 Å². The van der Waals surface area contributed by atoms with Gasteiger partial charge < -0.3 is 16.0 Å². The molecular weight excluding hydrogens is 238 g/mol. The summed E-state index contributed by atoms with van der Waals surface area (Å²) >= 11 is 0. The first-order chi connectivity index (χ1) is 8.38. The number of nitrogen functional groups attached to an aromatic ring is 1. The van der Waals surface area contributed by atoms with E-state index in [4.69, 9.17) is 5.73 Å². The van der Waals surface area contributed by atoms with Crippen molar-refractivity contribution in [2.75, 3.05) is 31.2 Å². The summed E-state index contributed by atoms with van der Waals surface area (Å²) in [6.45, 7) is 2.35. The number of nitrogens with two attached hydrogens (primary N) is 1. The Bertz CT molecular complexity index is 560. The molecule has 4 N–H and O–H groups in total. The van der Waals surface area contributed by atoms with Crippen LogP contribution in [-0.2, 0) is 11.8 Å². The first-order valence-electron chi connectivity index (χ1n) is 5.45. The summed E-state index contributed by atoms with van der Waals surface area (Å²) in [5, 5.41) is 2.64.